The first-order chi connectivity index (χ1) is 11.6. The predicted octanol–water partition coefficient (Wildman–Crippen LogP) is 7.30. The molecule has 3 unspecified atom stereocenters. The maximum atomic E-state index is 3.84. The molecular weight excluding hydrogens is 358 g/mol. The number of para-hydroxylation sites is 1. The minimum absolute atomic E-state index is 0.655. The van der Waals surface area contributed by atoms with Crippen molar-refractivity contribution in [3.05, 3.63) is 30.3 Å². The maximum absolute atomic E-state index is 3.84. The van der Waals surface area contributed by atoms with Crippen molar-refractivity contribution in [2.45, 2.75) is 77.5 Å². The average Bonchev–Trinajstić information content (AvgIpc) is 2.63. The molecule has 3 atom stereocenters. The fourth-order valence-electron chi connectivity index (χ4n) is 3.36. The van der Waals surface area contributed by atoms with E-state index in [1.807, 2.05) is 0 Å². The van der Waals surface area contributed by atoms with Crippen LogP contribution in [0.15, 0.2) is 30.3 Å². The van der Waals surface area contributed by atoms with E-state index in [9.17, 15) is 0 Å². The van der Waals surface area contributed by atoms with Crippen LogP contribution in [0.5, 0.6) is 0 Å². The van der Waals surface area contributed by atoms with Crippen molar-refractivity contribution >= 4 is 21.6 Å². The molecule has 0 saturated heterocycles. The van der Waals surface area contributed by atoms with Crippen LogP contribution in [0.4, 0.5) is 5.69 Å². The van der Waals surface area contributed by atoms with Gasteiger partial charge in [-0.25, -0.2) is 0 Å². The van der Waals surface area contributed by atoms with Crippen LogP contribution >= 0.6 is 15.9 Å². The largest absolute Gasteiger partial charge is 0.371 e. The van der Waals surface area contributed by atoms with Gasteiger partial charge in [-0.1, -0.05) is 87.5 Å². The molecule has 2 heteroatoms. The van der Waals surface area contributed by atoms with Crippen LogP contribution in [0.2, 0.25) is 0 Å². The molecular formula is C22H38BrN. The lowest BCUT2D eigenvalue weighted by Gasteiger charge is -2.33. The molecule has 0 saturated carbocycles. The van der Waals surface area contributed by atoms with Gasteiger partial charge < -0.3 is 4.90 Å². The lowest BCUT2D eigenvalue weighted by Crippen LogP contribution is -2.34. The number of halogens is 1. The molecule has 0 heterocycles. The fraction of sp³-hybridized carbons (Fsp3) is 0.727. The van der Waals surface area contributed by atoms with E-state index in [4.69, 9.17) is 0 Å². The van der Waals surface area contributed by atoms with Gasteiger partial charge in [-0.15, -0.1) is 0 Å². The van der Waals surface area contributed by atoms with Gasteiger partial charge in [0, 0.05) is 23.6 Å². The first-order valence-corrected chi connectivity index (χ1v) is 11.0. The van der Waals surface area contributed by atoms with Crippen molar-refractivity contribution in [1.82, 2.24) is 0 Å². The number of benzene rings is 1. The second-order valence-electron chi connectivity index (χ2n) is 7.17. The molecule has 0 aliphatic rings. The number of unbranched alkanes of at least 4 members (excludes halogenated alkanes) is 1. The Labute approximate surface area is 159 Å². The molecule has 0 aromatic heterocycles. The summed E-state index contributed by atoms with van der Waals surface area (Å²) in [7, 11) is 0. The summed E-state index contributed by atoms with van der Waals surface area (Å²) >= 11 is 3.84. The third-order valence-electron chi connectivity index (χ3n) is 5.23. The van der Waals surface area contributed by atoms with E-state index in [0.717, 1.165) is 11.8 Å². The summed E-state index contributed by atoms with van der Waals surface area (Å²) in [6, 6.07) is 11.0. The predicted molar refractivity (Wildman–Crippen MR) is 113 cm³/mol. The van der Waals surface area contributed by atoms with E-state index in [1.165, 1.54) is 63.7 Å². The Morgan fingerprint density at radius 1 is 0.875 bits per heavy atom. The summed E-state index contributed by atoms with van der Waals surface area (Å²) in [4.78, 5) is 3.31. The van der Waals surface area contributed by atoms with Gasteiger partial charge in [-0.3, -0.25) is 0 Å². The average molecular weight is 396 g/mol. The van der Waals surface area contributed by atoms with Crippen molar-refractivity contribution < 1.29 is 0 Å². The van der Waals surface area contributed by atoms with Gasteiger partial charge in [0.2, 0.25) is 0 Å². The molecule has 0 bridgehead atoms. The zero-order chi connectivity index (χ0) is 17.8. The minimum Gasteiger partial charge on any atom is -0.371 e. The number of anilines is 1. The lowest BCUT2D eigenvalue weighted by molar-refractivity contribution is 0.407. The van der Waals surface area contributed by atoms with E-state index in [-0.39, 0.29) is 0 Å². The Hall–Kier alpha value is -0.500. The van der Waals surface area contributed by atoms with Gasteiger partial charge in [-0.05, 0) is 43.2 Å². The van der Waals surface area contributed by atoms with Crippen LogP contribution in [-0.2, 0) is 0 Å². The van der Waals surface area contributed by atoms with E-state index in [2.05, 4.69) is 78.9 Å². The number of rotatable bonds is 13. The molecule has 138 valence electrons. The van der Waals surface area contributed by atoms with Crippen molar-refractivity contribution in [3.8, 4) is 0 Å². The summed E-state index contributed by atoms with van der Waals surface area (Å²) in [5.74, 6) is 1.58. The van der Waals surface area contributed by atoms with Crippen LogP contribution in [0, 0.1) is 11.8 Å². The molecule has 1 rings (SSSR count). The minimum atomic E-state index is 0.655. The highest BCUT2D eigenvalue weighted by Gasteiger charge is 2.19. The van der Waals surface area contributed by atoms with Crippen molar-refractivity contribution in [3.63, 3.8) is 0 Å². The van der Waals surface area contributed by atoms with Crippen LogP contribution < -0.4 is 4.90 Å². The monoisotopic (exact) mass is 395 g/mol. The SMILES string of the molecule is CCCCC(CC)CN(CC(CC)CC(Br)CC)c1ccccc1. The highest BCUT2D eigenvalue weighted by atomic mass is 79.9. The zero-order valence-corrected chi connectivity index (χ0v) is 17.9. The maximum Gasteiger partial charge on any atom is 0.0366 e. The molecule has 0 aliphatic heterocycles. The number of nitrogens with zero attached hydrogens (tertiary/aromatic N) is 1. The van der Waals surface area contributed by atoms with Gasteiger partial charge in [0.1, 0.15) is 0 Å². The molecule has 1 aromatic carbocycles. The van der Waals surface area contributed by atoms with E-state index in [1.54, 1.807) is 0 Å². The Kier molecular flexibility index (Phi) is 11.5. The van der Waals surface area contributed by atoms with Crippen LogP contribution in [-0.4, -0.2) is 17.9 Å². The highest BCUT2D eigenvalue weighted by Crippen LogP contribution is 2.25. The summed E-state index contributed by atoms with van der Waals surface area (Å²) in [6.45, 7) is 11.7. The summed E-state index contributed by atoms with van der Waals surface area (Å²) in [6.07, 6.45) is 9.08. The molecule has 0 N–H and O–H groups in total. The quantitative estimate of drug-likeness (QED) is 0.316. The molecule has 0 radical (unpaired) electrons. The topological polar surface area (TPSA) is 3.24 Å². The molecule has 0 aliphatic carbocycles. The number of alkyl halides is 1. The van der Waals surface area contributed by atoms with Crippen LogP contribution in [0.3, 0.4) is 0 Å². The van der Waals surface area contributed by atoms with Crippen molar-refractivity contribution in [2.24, 2.45) is 11.8 Å². The second-order valence-corrected chi connectivity index (χ2v) is 8.47. The van der Waals surface area contributed by atoms with E-state index >= 15 is 0 Å². The van der Waals surface area contributed by atoms with Gasteiger partial charge in [0.25, 0.3) is 0 Å². The Morgan fingerprint density at radius 3 is 2.04 bits per heavy atom. The van der Waals surface area contributed by atoms with E-state index in [0.29, 0.717) is 4.83 Å². The third kappa shape index (κ3) is 8.05. The molecule has 1 nitrogen and oxygen atoms in total. The fourth-order valence-corrected chi connectivity index (χ4v) is 3.89. The first kappa shape index (κ1) is 21.5. The number of hydrogen-bond acceptors (Lipinski definition) is 1. The van der Waals surface area contributed by atoms with Crippen LogP contribution in [0.25, 0.3) is 0 Å². The molecule has 1 aromatic rings. The second kappa shape index (κ2) is 12.8. The molecule has 0 spiro atoms. The van der Waals surface area contributed by atoms with Crippen LogP contribution in [0.1, 0.15) is 72.6 Å². The van der Waals surface area contributed by atoms with E-state index < -0.39 is 0 Å². The van der Waals surface area contributed by atoms with Gasteiger partial charge in [0.15, 0.2) is 0 Å². The smallest absolute Gasteiger partial charge is 0.0366 e. The molecule has 0 amide bonds. The third-order valence-corrected chi connectivity index (χ3v) is 6.25. The molecule has 0 fully saturated rings. The summed E-state index contributed by atoms with van der Waals surface area (Å²) in [5.41, 5.74) is 1.40. The highest BCUT2D eigenvalue weighted by molar-refractivity contribution is 9.09. The zero-order valence-electron chi connectivity index (χ0n) is 16.3. The van der Waals surface area contributed by atoms with Gasteiger partial charge in [-0.2, -0.15) is 0 Å². The standard InChI is InChI=1S/C22H38BrN/c1-5-9-13-19(6-2)17-24(22-14-11-10-12-15-22)18-20(7-3)16-21(23)8-4/h10-12,14-15,19-21H,5-9,13,16-18H2,1-4H3. The Bertz CT molecular complexity index is 406. The van der Waals surface area contributed by atoms with Gasteiger partial charge >= 0.3 is 0 Å². The summed E-state index contributed by atoms with van der Waals surface area (Å²) < 4.78 is 0. The van der Waals surface area contributed by atoms with Crippen molar-refractivity contribution in [2.75, 3.05) is 18.0 Å². The first-order valence-electron chi connectivity index (χ1n) is 10.1. The van der Waals surface area contributed by atoms with Crippen molar-refractivity contribution in [1.29, 1.82) is 0 Å². The normalized spacial score (nSPS) is 15.0. The Morgan fingerprint density at radius 2 is 1.50 bits per heavy atom. The summed E-state index contributed by atoms with van der Waals surface area (Å²) in [5, 5.41) is 0. The lowest BCUT2D eigenvalue weighted by atomic mass is 9.95. The molecule has 24 heavy (non-hydrogen) atoms. The van der Waals surface area contributed by atoms with Gasteiger partial charge in [0.05, 0.1) is 0 Å². The Balaban J connectivity index is 2.80. The number of hydrogen-bond donors (Lipinski definition) is 0.